The number of halogens is 3. The standard InChI is InChI=1S/C22H22F3N3O4/c1-5-16(14-7-6-8-15(12(14)2)22(23,24)25)28-20-19(21-31-9-10-32-21)17(11-18(29)30-4)26-13(3)27-20/h1,6-8,16,21H,9-11H2,2-4H3,(H,26,27,28)/t16-/m1/s1. The fourth-order valence-corrected chi connectivity index (χ4v) is 3.48. The molecule has 1 saturated heterocycles. The van der Waals surface area contributed by atoms with Gasteiger partial charge in [0.25, 0.3) is 0 Å². The number of ether oxygens (including phenoxy) is 3. The zero-order valence-corrected chi connectivity index (χ0v) is 17.7. The lowest BCUT2D eigenvalue weighted by Gasteiger charge is -2.23. The normalized spacial score (nSPS) is 15.3. The maximum Gasteiger partial charge on any atom is 0.416 e. The molecule has 2 heterocycles. The van der Waals surface area contributed by atoms with Crippen molar-refractivity contribution in [2.75, 3.05) is 25.6 Å². The molecule has 0 spiro atoms. The van der Waals surface area contributed by atoms with Crippen molar-refractivity contribution in [2.24, 2.45) is 0 Å². The molecule has 2 aromatic rings. The monoisotopic (exact) mass is 449 g/mol. The molecule has 1 fully saturated rings. The third-order valence-corrected chi connectivity index (χ3v) is 4.97. The lowest BCUT2D eigenvalue weighted by molar-refractivity contribution is -0.140. The second-order valence-corrected chi connectivity index (χ2v) is 7.07. The lowest BCUT2D eigenvalue weighted by atomic mass is 9.96. The lowest BCUT2D eigenvalue weighted by Crippen LogP contribution is -2.20. The largest absolute Gasteiger partial charge is 0.469 e. The molecule has 32 heavy (non-hydrogen) atoms. The number of aryl methyl sites for hydroxylation is 1. The first-order valence-electron chi connectivity index (χ1n) is 9.72. The van der Waals surface area contributed by atoms with E-state index in [1.807, 2.05) is 0 Å². The Labute approximate surface area is 183 Å². The van der Waals surface area contributed by atoms with Gasteiger partial charge in [-0.25, -0.2) is 9.97 Å². The summed E-state index contributed by atoms with van der Waals surface area (Å²) in [5, 5.41) is 3.02. The summed E-state index contributed by atoms with van der Waals surface area (Å²) in [7, 11) is 1.25. The number of nitrogens with zero attached hydrogens (tertiary/aromatic N) is 2. The van der Waals surface area contributed by atoms with Crippen molar-refractivity contribution in [3.05, 3.63) is 52.0 Å². The summed E-state index contributed by atoms with van der Waals surface area (Å²) in [5.41, 5.74) is 0.168. The fraction of sp³-hybridized carbons (Fsp3) is 0.409. The van der Waals surface area contributed by atoms with Gasteiger partial charge >= 0.3 is 12.1 Å². The summed E-state index contributed by atoms with van der Waals surface area (Å²) >= 11 is 0. The summed E-state index contributed by atoms with van der Waals surface area (Å²) in [4.78, 5) is 20.6. The Bertz CT molecular complexity index is 1040. The summed E-state index contributed by atoms with van der Waals surface area (Å²) in [6, 6.07) is 2.88. The van der Waals surface area contributed by atoms with Crippen LogP contribution in [0.2, 0.25) is 0 Å². The molecule has 7 nitrogen and oxygen atoms in total. The molecule has 10 heteroatoms. The molecule has 0 radical (unpaired) electrons. The Morgan fingerprint density at radius 3 is 2.59 bits per heavy atom. The highest BCUT2D eigenvalue weighted by Crippen LogP contribution is 2.37. The van der Waals surface area contributed by atoms with Crippen molar-refractivity contribution in [3.63, 3.8) is 0 Å². The van der Waals surface area contributed by atoms with E-state index in [9.17, 15) is 18.0 Å². The van der Waals surface area contributed by atoms with Crippen LogP contribution in [0.15, 0.2) is 18.2 Å². The number of esters is 1. The van der Waals surface area contributed by atoms with E-state index in [0.717, 1.165) is 6.07 Å². The minimum atomic E-state index is -4.52. The maximum absolute atomic E-state index is 13.4. The predicted molar refractivity (Wildman–Crippen MR) is 109 cm³/mol. The number of methoxy groups -OCH3 is 1. The SMILES string of the molecule is C#C[C@@H](Nc1nc(C)nc(CC(=O)OC)c1C1OCCO1)c1cccc(C(F)(F)F)c1C. The van der Waals surface area contributed by atoms with Crippen LogP contribution in [0.25, 0.3) is 0 Å². The van der Waals surface area contributed by atoms with Gasteiger partial charge in [0, 0.05) is 0 Å². The zero-order valence-electron chi connectivity index (χ0n) is 17.7. The molecule has 0 aliphatic carbocycles. The van der Waals surface area contributed by atoms with Crippen LogP contribution in [0.3, 0.4) is 0 Å². The first kappa shape index (κ1) is 23.5. The minimum Gasteiger partial charge on any atom is -0.469 e. The van der Waals surface area contributed by atoms with E-state index in [-0.39, 0.29) is 23.4 Å². The molecule has 0 amide bonds. The molecule has 1 aromatic heterocycles. The van der Waals surface area contributed by atoms with Gasteiger partial charge in [-0.1, -0.05) is 18.1 Å². The summed E-state index contributed by atoms with van der Waals surface area (Å²) in [5.74, 6) is 2.49. The number of carbonyl (C=O) groups is 1. The molecule has 1 aromatic carbocycles. The number of hydrogen-bond donors (Lipinski definition) is 1. The summed E-state index contributed by atoms with van der Waals surface area (Å²) in [6.45, 7) is 3.62. The predicted octanol–water partition coefficient (Wildman–Crippen LogP) is 3.66. The van der Waals surface area contributed by atoms with E-state index in [1.165, 1.54) is 26.2 Å². The van der Waals surface area contributed by atoms with Gasteiger partial charge in [0.15, 0.2) is 6.29 Å². The number of alkyl halides is 3. The number of terminal acetylenes is 1. The van der Waals surface area contributed by atoms with Gasteiger partial charge < -0.3 is 19.5 Å². The Kier molecular flexibility index (Phi) is 7.01. The molecule has 1 N–H and O–H groups in total. The summed E-state index contributed by atoms with van der Waals surface area (Å²) in [6.07, 6.45) is 0.138. The van der Waals surface area contributed by atoms with Gasteiger partial charge in [-0.05, 0) is 31.0 Å². The Hall–Kier alpha value is -3.16. The van der Waals surface area contributed by atoms with Crippen molar-refractivity contribution >= 4 is 11.8 Å². The first-order chi connectivity index (χ1) is 15.2. The second-order valence-electron chi connectivity index (χ2n) is 7.07. The van der Waals surface area contributed by atoms with E-state index in [2.05, 4.69) is 21.2 Å². The van der Waals surface area contributed by atoms with Gasteiger partial charge in [-0.15, -0.1) is 6.42 Å². The van der Waals surface area contributed by atoms with Gasteiger partial charge in [0.05, 0.1) is 43.6 Å². The van der Waals surface area contributed by atoms with Crippen LogP contribution in [0.4, 0.5) is 19.0 Å². The smallest absolute Gasteiger partial charge is 0.416 e. The van der Waals surface area contributed by atoms with Crippen LogP contribution in [0, 0.1) is 26.2 Å². The number of aromatic nitrogens is 2. The van der Waals surface area contributed by atoms with Gasteiger partial charge in [-0.3, -0.25) is 4.79 Å². The van der Waals surface area contributed by atoms with Crippen LogP contribution < -0.4 is 5.32 Å². The van der Waals surface area contributed by atoms with Crippen molar-refractivity contribution in [1.82, 2.24) is 9.97 Å². The number of benzene rings is 1. The van der Waals surface area contributed by atoms with Crippen molar-refractivity contribution in [1.29, 1.82) is 0 Å². The number of anilines is 1. The Morgan fingerprint density at radius 1 is 1.31 bits per heavy atom. The molecule has 0 saturated carbocycles. The molecular formula is C22H22F3N3O4. The average molecular weight is 449 g/mol. The highest BCUT2D eigenvalue weighted by Gasteiger charge is 2.34. The number of rotatable bonds is 6. The van der Waals surface area contributed by atoms with Crippen LogP contribution >= 0.6 is 0 Å². The molecule has 1 aliphatic rings. The molecule has 1 atom stereocenters. The second kappa shape index (κ2) is 9.54. The average Bonchev–Trinajstić information content (AvgIpc) is 3.25. The third kappa shape index (κ3) is 5.00. The molecule has 3 rings (SSSR count). The molecule has 0 unspecified atom stereocenters. The minimum absolute atomic E-state index is 0.00549. The van der Waals surface area contributed by atoms with Crippen LogP contribution in [-0.4, -0.2) is 36.3 Å². The van der Waals surface area contributed by atoms with E-state index >= 15 is 0 Å². The number of hydrogen-bond acceptors (Lipinski definition) is 7. The maximum atomic E-state index is 13.4. The van der Waals surface area contributed by atoms with E-state index in [4.69, 9.17) is 20.6 Å². The fourth-order valence-electron chi connectivity index (χ4n) is 3.48. The van der Waals surface area contributed by atoms with E-state index in [1.54, 1.807) is 6.92 Å². The quantitative estimate of drug-likeness (QED) is 0.532. The number of carbonyl (C=O) groups excluding carboxylic acids is 1. The van der Waals surface area contributed by atoms with Gasteiger partial charge in [-0.2, -0.15) is 13.2 Å². The Balaban J connectivity index is 2.07. The van der Waals surface area contributed by atoms with E-state index in [0.29, 0.717) is 30.3 Å². The zero-order chi connectivity index (χ0) is 23.5. The van der Waals surface area contributed by atoms with Crippen molar-refractivity contribution in [2.45, 2.75) is 38.8 Å². The highest BCUT2D eigenvalue weighted by atomic mass is 19.4. The topological polar surface area (TPSA) is 82.6 Å². The van der Waals surface area contributed by atoms with Crippen molar-refractivity contribution < 1.29 is 32.2 Å². The van der Waals surface area contributed by atoms with Crippen LogP contribution in [-0.2, 0) is 31.6 Å². The third-order valence-electron chi connectivity index (χ3n) is 4.97. The van der Waals surface area contributed by atoms with E-state index < -0.39 is 30.0 Å². The van der Waals surface area contributed by atoms with Gasteiger partial charge in [0.1, 0.15) is 17.7 Å². The molecule has 0 bridgehead atoms. The van der Waals surface area contributed by atoms with Crippen LogP contribution in [0.5, 0.6) is 0 Å². The highest BCUT2D eigenvalue weighted by molar-refractivity contribution is 5.73. The molecular weight excluding hydrogens is 427 g/mol. The van der Waals surface area contributed by atoms with Crippen LogP contribution in [0.1, 0.15) is 46.1 Å². The van der Waals surface area contributed by atoms with Gasteiger partial charge in [0.2, 0.25) is 0 Å². The van der Waals surface area contributed by atoms with Crippen molar-refractivity contribution in [3.8, 4) is 12.3 Å². The molecule has 1 aliphatic heterocycles. The summed E-state index contributed by atoms with van der Waals surface area (Å²) < 4.78 is 56.1. The Morgan fingerprint density at radius 2 is 2.00 bits per heavy atom. The number of nitrogens with one attached hydrogen (secondary N) is 1. The molecule has 170 valence electrons. The first-order valence-corrected chi connectivity index (χ1v) is 9.72.